The number of anilines is 2. The fourth-order valence-electron chi connectivity index (χ4n) is 2.41. The van der Waals surface area contributed by atoms with Crippen molar-refractivity contribution in [2.45, 2.75) is 4.90 Å². The van der Waals surface area contributed by atoms with Crippen molar-refractivity contribution in [3.63, 3.8) is 0 Å². The number of amides is 1. The van der Waals surface area contributed by atoms with Crippen molar-refractivity contribution in [3.05, 3.63) is 83.4 Å². The molecule has 0 atom stereocenters. The number of para-hydroxylation sites is 1. The number of sulfonamides is 1. The summed E-state index contributed by atoms with van der Waals surface area (Å²) >= 11 is 5.99. The van der Waals surface area contributed by atoms with E-state index in [2.05, 4.69) is 10.0 Å². The highest BCUT2D eigenvalue weighted by Crippen LogP contribution is 2.24. The molecule has 0 saturated carbocycles. The predicted molar refractivity (Wildman–Crippen MR) is 110 cm³/mol. The minimum absolute atomic E-state index is 0.0217. The number of carbonyl (C=O) groups excluding carboxylic acids is 1. The van der Waals surface area contributed by atoms with E-state index in [-0.39, 0.29) is 16.5 Å². The van der Waals surface area contributed by atoms with Gasteiger partial charge in [-0.2, -0.15) is 0 Å². The fraction of sp³-hybridized carbons (Fsp3) is 0.0500. The Hall–Kier alpha value is -3.03. The SMILES string of the molecule is COc1ccc(NC(=O)c2ccc(S(=O)(=O)Nc3ccccc3Cl)cc2)cc1. The number of hydrogen-bond donors (Lipinski definition) is 2. The van der Waals surface area contributed by atoms with Crippen LogP contribution in [0, 0.1) is 0 Å². The van der Waals surface area contributed by atoms with Crippen molar-refractivity contribution >= 4 is 38.9 Å². The lowest BCUT2D eigenvalue weighted by Crippen LogP contribution is -2.15. The van der Waals surface area contributed by atoms with E-state index in [4.69, 9.17) is 16.3 Å². The van der Waals surface area contributed by atoms with Gasteiger partial charge in [-0.25, -0.2) is 8.42 Å². The number of methoxy groups -OCH3 is 1. The van der Waals surface area contributed by atoms with Crippen LogP contribution in [0.4, 0.5) is 11.4 Å². The monoisotopic (exact) mass is 416 g/mol. The number of rotatable bonds is 6. The molecule has 0 bridgehead atoms. The van der Waals surface area contributed by atoms with Gasteiger partial charge >= 0.3 is 0 Å². The molecule has 3 aromatic rings. The molecule has 3 rings (SSSR count). The Balaban J connectivity index is 1.73. The number of halogens is 1. The Morgan fingerprint density at radius 3 is 2.18 bits per heavy atom. The first kappa shape index (κ1) is 19.7. The molecule has 0 aliphatic heterocycles. The van der Waals surface area contributed by atoms with E-state index < -0.39 is 10.0 Å². The predicted octanol–water partition coefficient (Wildman–Crippen LogP) is 4.40. The van der Waals surface area contributed by atoms with Crippen LogP contribution in [0.25, 0.3) is 0 Å². The Morgan fingerprint density at radius 1 is 0.929 bits per heavy atom. The first-order valence-electron chi connectivity index (χ1n) is 8.22. The summed E-state index contributed by atoms with van der Waals surface area (Å²) in [4.78, 5) is 12.4. The Bertz CT molecular complexity index is 1080. The van der Waals surface area contributed by atoms with Gasteiger partial charge in [0.15, 0.2) is 0 Å². The van der Waals surface area contributed by atoms with Crippen molar-refractivity contribution in [3.8, 4) is 5.75 Å². The quantitative estimate of drug-likeness (QED) is 0.623. The van der Waals surface area contributed by atoms with Crippen LogP contribution in [0.2, 0.25) is 5.02 Å². The summed E-state index contributed by atoms with van der Waals surface area (Å²) in [5.41, 5.74) is 1.21. The topological polar surface area (TPSA) is 84.5 Å². The van der Waals surface area contributed by atoms with E-state index in [1.165, 1.54) is 24.3 Å². The zero-order valence-corrected chi connectivity index (χ0v) is 16.4. The van der Waals surface area contributed by atoms with Gasteiger partial charge in [-0.15, -0.1) is 0 Å². The zero-order chi connectivity index (χ0) is 20.1. The van der Waals surface area contributed by atoms with Crippen molar-refractivity contribution in [1.82, 2.24) is 0 Å². The fourth-order valence-corrected chi connectivity index (χ4v) is 3.73. The molecule has 0 spiro atoms. The van der Waals surface area contributed by atoms with Crippen LogP contribution in [0.15, 0.2) is 77.7 Å². The molecule has 2 N–H and O–H groups in total. The number of benzene rings is 3. The van der Waals surface area contributed by atoms with Crippen molar-refractivity contribution in [2.24, 2.45) is 0 Å². The molecule has 8 heteroatoms. The summed E-state index contributed by atoms with van der Waals surface area (Å²) in [5, 5.41) is 3.03. The van der Waals surface area contributed by atoms with Crippen molar-refractivity contribution in [2.75, 3.05) is 17.1 Å². The maximum absolute atomic E-state index is 12.5. The minimum atomic E-state index is -3.82. The maximum atomic E-state index is 12.5. The van der Waals surface area contributed by atoms with Gasteiger partial charge in [0.05, 0.1) is 22.7 Å². The van der Waals surface area contributed by atoms with Gasteiger partial charge in [0.2, 0.25) is 0 Å². The molecule has 0 fully saturated rings. The average Bonchev–Trinajstić information content (AvgIpc) is 2.70. The van der Waals surface area contributed by atoms with Gasteiger partial charge in [-0.3, -0.25) is 9.52 Å². The zero-order valence-electron chi connectivity index (χ0n) is 14.8. The molecule has 3 aromatic carbocycles. The van der Waals surface area contributed by atoms with Gasteiger partial charge in [-0.1, -0.05) is 23.7 Å². The molecule has 0 heterocycles. The van der Waals surface area contributed by atoms with Crippen LogP contribution in [0.5, 0.6) is 5.75 Å². The molecule has 0 aromatic heterocycles. The van der Waals surface area contributed by atoms with E-state index in [1.54, 1.807) is 55.6 Å². The van der Waals surface area contributed by atoms with E-state index >= 15 is 0 Å². The summed E-state index contributed by atoms with van der Waals surface area (Å²) in [5.74, 6) is 0.326. The molecule has 6 nitrogen and oxygen atoms in total. The first-order chi connectivity index (χ1) is 13.4. The van der Waals surface area contributed by atoms with Gasteiger partial charge in [0, 0.05) is 11.3 Å². The standard InChI is InChI=1S/C20H17ClN2O4S/c1-27-16-10-8-15(9-11-16)22-20(24)14-6-12-17(13-7-14)28(25,26)23-19-5-3-2-4-18(19)21/h2-13,23H,1H3,(H,22,24). The lowest BCUT2D eigenvalue weighted by atomic mass is 10.2. The van der Waals surface area contributed by atoms with Crippen molar-refractivity contribution in [1.29, 1.82) is 0 Å². The molecule has 0 aliphatic rings. The third kappa shape index (κ3) is 4.62. The van der Waals surface area contributed by atoms with E-state index in [9.17, 15) is 13.2 Å². The summed E-state index contributed by atoms with van der Waals surface area (Å²) in [7, 11) is -2.27. The molecule has 0 aliphatic carbocycles. The average molecular weight is 417 g/mol. The van der Waals surface area contributed by atoms with Crippen LogP contribution in [0.1, 0.15) is 10.4 Å². The molecule has 28 heavy (non-hydrogen) atoms. The Labute approximate surface area is 168 Å². The van der Waals surface area contributed by atoms with Crippen LogP contribution >= 0.6 is 11.6 Å². The largest absolute Gasteiger partial charge is 0.497 e. The summed E-state index contributed by atoms with van der Waals surface area (Å²) < 4.78 is 32.5. The van der Waals surface area contributed by atoms with Crippen LogP contribution in [0.3, 0.4) is 0 Å². The third-order valence-corrected chi connectivity index (χ3v) is 5.60. The van der Waals surface area contributed by atoms with Crippen LogP contribution < -0.4 is 14.8 Å². The highest BCUT2D eigenvalue weighted by atomic mass is 35.5. The highest BCUT2D eigenvalue weighted by Gasteiger charge is 2.16. The second-order valence-electron chi connectivity index (χ2n) is 5.79. The minimum Gasteiger partial charge on any atom is -0.497 e. The maximum Gasteiger partial charge on any atom is 0.261 e. The van der Waals surface area contributed by atoms with Crippen LogP contribution in [-0.2, 0) is 10.0 Å². The second-order valence-corrected chi connectivity index (χ2v) is 7.88. The molecule has 1 amide bonds. The molecular weight excluding hydrogens is 400 g/mol. The Morgan fingerprint density at radius 2 is 1.57 bits per heavy atom. The smallest absolute Gasteiger partial charge is 0.261 e. The number of nitrogens with one attached hydrogen (secondary N) is 2. The van der Waals surface area contributed by atoms with E-state index in [1.807, 2.05) is 0 Å². The lowest BCUT2D eigenvalue weighted by molar-refractivity contribution is 0.102. The Kier molecular flexibility index (Phi) is 5.87. The molecular formula is C20H17ClN2O4S. The van der Waals surface area contributed by atoms with Gasteiger partial charge in [-0.05, 0) is 60.7 Å². The number of carbonyl (C=O) groups is 1. The molecule has 144 valence electrons. The summed E-state index contributed by atoms with van der Waals surface area (Å²) in [6.07, 6.45) is 0. The number of hydrogen-bond acceptors (Lipinski definition) is 4. The molecule has 0 unspecified atom stereocenters. The van der Waals surface area contributed by atoms with E-state index in [0.717, 1.165) is 0 Å². The summed E-state index contributed by atoms with van der Waals surface area (Å²) in [6.45, 7) is 0. The van der Waals surface area contributed by atoms with E-state index in [0.29, 0.717) is 22.0 Å². The van der Waals surface area contributed by atoms with Crippen LogP contribution in [-0.4, -0.2) is 21.4 Å². The number of ether oxygens (including phenoxy) is 1. The van der Waals surface area contributed by atoms with Gasteiger partial charge < -0.3 is 10.1 Å². The molecule has 0 saturated heterocycles. The molecule has 0 radical (unpaired) electrons. The normalized spacial score (nSPS) is 10.9. The van der Waals surface area contributed by atoms with Crippen molar-refractivity contribution < 1.29 is 17.9 Å². The third-order valence-electron chi connectivity index (χ3n) is 3.89. The van der Waals surface area contributed by atoms with Gasteiger partial charge in [0.1, 0.15) is 5.75 Å². The van der Waals surface area contributed by atoms with Gasteiger partial charge in [0.25, 0.3) is 15.9 Å². The summed E-state index contributed by atoms with van der Waals surface area (Å²) in [6, 6.07) is 19.0. The highest BCUT2D eigenvalue weighted by molar-refractivity contribution is 7.92. The lowest BCUT2D eigenvalue weighted by Gasteiger charge is -2.10. The first-order valence-corrected chi connectivity index (χ1v) is 10.1. The second kappa shape index (κ2) is 8.33.